The van der Waals surface area contributed by atoms with Crippen LogP contribution in [0.5, 0.6) is 0 Å². The van der Waals surface area contributed by atoms with Crippen LogP contribution in [0.15, 0.2) is 12.2 Å². The van der Waals surface area contributed by atoms with Crippen molar-refractivity contribution in [1.29, 1.82) is 0 Å². The number of rotatable bonds is 9. The van der Waals surface area contributed by atoms with Crippen LogP contribution >= 0.6 is 0 Å². The Labute approximate surface area is 83.6 Å². The third kappa shape index (κ3) is 11.7. The third-order valence-electron chi connectivity index (χ3n) is 2.20. The van der Waals surface area contributed by atoms with E-state index in [1.165, 1.54) is 45.1 Å². The van der Waals surface area contributed by atoms with E-state index in [1.54, 1.807) is 0 Å². The largest absolute Gasteiger partial charge is 0.313 e. The molecule has 0 aliphatic rings. The molecule has 0 aliphatic carbocycles. The van der Waals surface area contributed by atoms with Crippen LogP contribution in [0.1, 0.15) is 52.4 Å². The molecule has 0 fully saturated rings. The van der Waals surface area contributed by atoms with Crippen molar-refractivity contribution in [2.24, 2.45) is 0 Å². The molecule has 0 aromatic carbocycles. The molecule has 0 saturated carbocycles. The average Bonchev–Trinajstić information content (AvgIpc) is 2.16. The highest BCUT2D eigenvalue weighted by Crippen LogP contribution is 2.03. The van der Waals surface area contributed by atoms with E-state index in [2.05, 4.69) is 31.3 Å². The van der Waals surface area contributed by atoms with E-state index in [4.69, 9.17) is 0 Å². The van der Waals surface area contributed by atoms with Crippen molar-refractivity contribution in [3.63, 3.8) is 0 Å². The third-order valence-corrected chi connectivity index (χ3v) is 2.20. The van der Waals surface area contributed by atoms with Gasteiger partial charge in [0, 0.05) is 6.54 Å². The smallest absolute Gasteiger partial charge is 0.0134 e. The normalized spacial score (nSPS) is 11.2. The number of allylic oxidation sites excluding steroid dienone is 1. The molecule has 0 aromatic heterocycles. The topological polar surface area (TPSA) is 12.0 Å². The summed E-state index contributed by atoms with van der Waals surface area (Å²) in [4.78, 5) is 0. The van der Waals surface area contributed by atoms with Gasteiger partial charge in [-0.3, -0.25) is 0 Å². The fourth-order valence-electron chi connectivity index (χ4n) is 1.33. The molecule has 0 atom stereocenters. The van der Waals surface area contributed by atoms with E-state index >= 15 is 0 Å². The van der Waals surface area contributed by atoms with Gasteiger partial charge in [-0.2, -0.15) is 0 Å². The van der Waals surface area contributed by atoms with Gasteiger partial charge < -0.3 is 5.32 Å². The van der Waals surface area contributed by atoms with Gasteiger partial charge in [-0.15, -0.1) is 0 Å². The lowest BCUT2D eigenvalue weighted by Gasteiger charge is -2.01. The Morgan fingerprint density at radius 3 is 2.38 bits per heavy atom. The summed E-state index contributed by atoms with van der Waals surface area (Å²) in [5.74, 6) is 0. The molecule has 0 aliphatic heterocycles. The first-order valence-corrected chi connectivity index (χ1v) is 5.73. The molecule has 0 radical (unpaired) electrons. The second-order valence-electron chi connectivity index (χ2n) is 3.54. The number of hydrogen-bond donors (Lipinski definition) is 1. The zero-order valence-corrected chi connectivity index (χ0v) is 9.31. The summed E-state index contributed by atoms with van der Waals surface area (Å²) in [5.41, 5.74) is 0. The van der Waals surface area contributed by atoms with Crippen LogP contribution in [0.3, 0.4) is 0 Å². The lowest BCUT2D eigenvalue weighted by molar-refractivity contribution is 0.585. The Morgan fingerprint density at radius 1 is 1.00 bits per heavy atom. The van der Waals surface area contributed by atoms with E-state index in [0.717, 1.165) is 6.54 Å². The molecule has 0 bridgehead atoms. The molecule has 1 N–H and O–H groups in total. The highest BCUT2D eigenvalue weighted by molar-refractivity contribution is 4.78. The van der Waals surface area contributed by atoms with E-state index in [9.17, 15) is 0 Å². The molecule has 0 spiro atoms. The zero-order valence-electron chi connectivity index (χ0n) is 9.31. The van der Waals surface area contributed by atoms with Gasteiger partial charge in [0.1, 0.15) is 0 Å². The first kappa shape index (κ1) is 12.7. The summed E-state index contributed by atoms with van der Waals surface area (Å²) in [6.07, 6.45) is 12.6. The molecule has 1 heteroatoms. The quantitative estimate of drug-likeness (QED) is 0.426. The first-order chi connectivity index (χ1) is 6.41. The SMILES string of the molecule is C/C=C/CNCCCCCCCC. The van der Waals surface area contributed by atoms with E-state index in [1.807, 2.05) is 0 Å². The number of unbranched alkanes of at least 4 members (excludes halogenated alkanes) is 5. The molecular formula is C12H25N. The van der Waals surface area contributed by atoms with Crippen LogP contribution in [-0.4, -0.2) is 13.1 Å². The Balaban J connectivity index is 2.83. The van der Waals surface area contributed by atoms with E-state index in [0.29, 0.717) is 0 Å². The maximum absolute atomic E-state index is 3.39. The molecule has 0 aromatic rings. The molecule has 78 valence electrons. The Hall–Kier alpha value is -0.300. The van der Waals surface area contributed by atoms with Crippen LogP contribution < -0.4 is 5.32 Å². The fourth-order valence-corrected chi connectivity index (χ4v) is 1.33. The van der Waals surface area contributed by atoms with Crippen LogP contribution in [-0.2, 0) is 0 Å². The minimum absolute atomic E-state index is 1.03. The molecule has 0 rings (SSSR count). The minimum Gasteiger partial charge on any atom is -0.313 e. The van der Waals surface area contributed by atoms with Gasteiger partial charge in [0.15, 0.2) is 0 Å². The highest BCUT2D eigenvalue weighted by atomic mass is 14.8. The standard InChI is InChI=1S/C12H25N/c1-3-5-7-8-9-10-12-13-11-6-4-2/h4,6,13H,3,5,7-12H2,1-2H3/b6-4+. The summed E-state index contributed by atoms with van der Waals surface area (Å²) < 4.78 is 0. The van der Waals surface area contributed by atoms with E-state index < -0.39 is 0 Å². The molecule has 0 heterocycles. The van der Waals surface area contributed by atoms with Crippen LogP contribution in [0.4, 0.5) is 0 Å². The Bertz CT molecular complexity index is 108. The Morgan fingerprint density at radius 2 is 1.69 bits per heavy atom. The van der Waals surface area contributed by atoms with Gasteiger partial charge in [-0.1, -0.05) is 51.2 Å². The van der Waals surface area contributed by atoms with E-state index in [-0.39, 0.29) is 0 Å². The predicted molar refractivity (Wildman–Crippen MR) is 61.1 cm³/mol. The van der Waals surface area contributed by atoms with Gasteiger partial charge in [0.05, 0.1) is 0 Å². The predicted octanol–water partition coefficient (Wildman–Crippen LogP) is 3.51. The average molecular weight is 183 g/mol. The molecular weight excluding hydrogens is 158 g/mol. The van der Waals surface area contributed by atoms with Crippen LogP contribution in [0.25, 0.3) is 0 Å². The summed E-state index contributed by atoms with van der Waals surface area (Å²) >= 11 is 0. The van der Waals surface area contributed by atoms with Gasteiger partial charge in [0.2, 0.25) is 0 Å². The summed E-state index contributed by atoms with van der Waals surface area (Å²) in [6.45, 7) is 6.53. The molecule has 1 nitrogen and oxygen atoms in total. The zero-order chi connectivity index (χ0) is 9.78. The van der Waals surface area contributed by atoms with Crippen molar-refractivity contribution < 1.29 is 0 Å². The molecule has 0 amide bonds. The molecule has 13 heavy (non-hydrogen) atoms. The van der Waals surface area contributed by atoms with Crippen molar-refractivity contribution in [2.45, 2.75) is 52.4 Å². The van der Waals surface area contributed by atoms with Gasteiger partial charge in [-0.25, -0.2) is 0 Å². The molecule has 0 saturated heterocycles. The van der Waals surface area contributed by atoms with Crippen LogP contribution in [0.2, 0.25) is 0 Å². The van der Waals surface area contributed by atoms with Crippen molar-refractivity contribution in [2.75, 3.05) is 13.1 Å². The maximum Gasteiger partial charge on any atom is 0.0134 e. The van der Waals surface area contributed by atoms with Crippen molar-refractivity contribution in [3.05, 3.63) is 12.2 Å². The van der Waals surface area contributed by atoms with Crippen molar-refractivity contribution in [1.82, 2.24) is 5.32 Å². The Kier molecular flexibility index (Phi) is 11.4. The first-order valence-electron chi connectivity index (χ1n) is 5.73. The second-order valence-corrected chi connectivity index (χ2v) is 3.54. The van der Waals surface area contributed by atoms with Gasteiger partial charge in [0.25, 0.3) is 0 Å². The highest BCUT2D eigenvalue weighted by Gasteiger charge is 1.88. The lowest BCUT2D eigenvalue weighted by Crippen LogP contribution is -2.14. The summed E-state index contributed by atoms with van der Waals surface area (Å²) in [5, 5.41) is 3.39. The van der Waals surface area contributed by atoms with Crippen molar-refractivity contribution in [3.8, 4) is 0 Å². The van der Waals surface area contributed by atoms with Gasteiger partial charge in [-0.05, 0) is 19.9 Å². The molecule has 0 unspecified atom stereocenters. The number of nitrogens with one attached hydrogen (secondary N) is 1. The number of hydrogen-bond acceptors (Lipinski definition) is 1. The van der Waals surface area contributed by atoms with Crippen LogP contribution in [0, 0.1) is 0 Å². The maximum atomic E-state index is 3.39. The lowest BCUT2D eigenvalue weighted by atomic mass is 10.1. The van der Waals surface area contributed by atoms with Gasteiger partial charge >= 0.3 is 0 Å². The monoisotopic (exact) mass is 183 g/mol. The second kappa shape index (κ2) is 11.7. The summed E-state index contributed by atoms with van der Waals surface area (Å²) in [7, 11) is 0. The van der Waals surface area contributed by atoms with Crippen molar-refractivity contribution >= 4 is 0 Å². The summed E-state index contributed by atoms with van der Waals surface area (Å²) in [6, 6.07) is 0. The minimum atomic E-state index is 1.03. The fraction of sp³-hybridized carbons (Fsp3) is 0.833.